The average Bonchev–Trinajstić information content (AvgIpc) is 2.84. The summed E-state index contributed by atoms with van der Waals surface area (Å²) in [6, 6.07) is 0. The number of alkyl halides is 1. The van der Waals surface area contributed by atoms with Crippen LogP contribution >= 0.6 is 34.5 Å². The summed E-state index contributed by atoms with van der Waals surface area (Å²) in [5.41, 5.74) is 0.962. The van der Waals surface area contributed by atoms with Crippen molar-refractivity contribution >= 4 is 40.4 Å². The first-order valence-corrected chi connectivity index (χ1v) is 7.43. The predicted molar refractivity (Wildman–Crippen MR) is 73.4 cm³/mol. The van der Waals surface area contributed by atoms with Crippen molar-refractivity contribution in [2.45, 2.75) is 31.6 Å². The largest absolute Gasteiger partial charge is 0.351 e. The lowest BCUT2D eigenvalue weighted by Crippen LogP contribution is -2.28. The summed E-state index contributed by atoms with van der Waals surface area (Å²) >= 11 is 13.5. The third-order valence-electron chi connectivity index (χ3n) is 3.13. The number of thiophene rings is 1. The van der Waals surface area contributed by atoms with E-state index in [0.29, 0.717) is 22.4 Å². The van der Waals surface area contributed by atoms with Crippen LogP contribution in [0.15, 0.2) is 5.38 Å². The molecule has 0 saturated heterocycles. The van der Waals surface area contributed by atoms with Gasteiger partial charge in [-0.3, -0.25) is 4.79 Å². The van der Waals surface area contributed by atoms with Crippen LogP contribution in [-0.2, 0) is 0 Å². The summed E-state index contributed by atoms with van der Waals surface area (Å²) in [5, 5.41) is 5.71. The summed E-state index contributed by atoms with van der Waals surface area (Å²) in [7, 11) is 0. The fraction of sp³-hybridized carbons (Fsp3) is 0.583. The minimum atomic E-state index is -0.0638. The van der Waals surface area contributed by atoms with Crippen LogP contribution in [-0.4, -0.2) is 17.8 Å². The molecule has 2 nitrogen and oxygen atoms in total. The van der Waals surface area contributed by atoms with Gasteiger partial charge >= 0.3 is 0 Å². The van der Waals surface area contributed by atoms with E-state index < -0.39 is 0 Å². The second-order valence-electron chi connectivity index (χ2n) is 4.55. The molecule has 0 aliphatic heterocycles. The topological polar surface area (TPSA) is 29.1 Å². The quantitative estimate of drug-likeness (QED) is 0.842. The Labute approximate surface area is 115 Å². The number of halogens is 2. The highest BCUT2D eigenvalue weighted by Crippen LogP contribution is 2.30. The zero-order chi connectivity index (χ0) is 12.4. The summed E-state index contributed by atoms with van der Waals surface area (Å²) in [6.07, 6.45) is 3.16. The molecular weight excluding hydrogens is 277 g/mol. The zero-order valence-electron chi connectivity index (χ0n) is 9.63. The zero-order valence-corrected chi connectivity index (χ0v) is 12.0. The summed E-state index contributed by atoms with van der Waals surface area (Å²) in [4.78, 5) is 12.5. The molecule has 17 heavy (non-hydrogen) atoms. The van der Waals surface area contributed by atoms with Crippen molar-refractivity contribution in [3.63, 3.8) is 0 Å². The van der Waals surface area contributed by atoms with E-state index >= 15 is 0 Å². The van der Waals surface area contributed by atoms with Crippen molar-refractivity contribution < 1.29 is 4.79 Å². The third-order valence-corrected chi connectivity index (χ3v) is 5.23. The molecule has 2 unspecified atom stereocenters. The van der Waals surface area contributed by atoms with E-state index in [1.807, 2.05) is 12.3 Å². The van der Waals surface area contributed by atoms with Crippen molar-refractivity contribution in [1.82, 2.24) is 5.32 Å². The Hall–Kier alpha value is -0.250. The number of carbonyl (C=O) groups excluding carboxylic acids is 1. The molecule has 1 aromatic rings. The highest BCUT2D eigenvalue weighted by molar-refractivity contribution is 7.13. The number of aryl methyl sites for hydroxylation is 1. The summed E-state index contributed by atoms with van der Waals surface area (Å²) in [5.74, 6) is 0.451. The normalized spacial score (nSPS) is 23.9. The minimum Gasteiger partial charge on any atom is -0.351 e. The molecule has 0 spiro atoms. The van der Waals surface area contributed by atoms with E-state index in [1.54, 1.807) is 0 Å². The molecule has 0 aromatic carbocycles. The Bertz CT molecular complexity index is 419. The molecule has 1 saturated carbocycles. The molecule has 1 aliphatic carbocycles. The molecule has 1 amide bonds. The molecule has 1 fully saturated rings. The smallest absolute Gasteiger partial charge is 0.262 e. The Kier molecular flexibility index (Phi) is 4.34. The van der Waals surface area contributed by atoms with Crippen LogP contribution in [0.2, 0.25) is 5.02 Å². The first-order chi connectivity index (χ1) is 8.08. The van der Waals surface area contributed by atoms with E-state index in [-0.39, 0.29) is 11.3 Å². The SMILES string of the molecule is Cc1csc(C(=O)NCC2CCC(Cl)C2)c1Cl. The monoisotopic (exact) mass is 291 g/mol. The van der Waals surface area contributed by atoms with Gasteiger partial charge in [0, 0.05) is 11.9 Å². The van der Waals surface area contributed by atoms with Gasteiger partial charge < -0.3 is 5.32 Å². The van der Waals surface area contributed by atoms with Gasteiger partial charge in [0.1, 0.15) is 4.88 Å². The molecule has 1 heterocycles. The average molecular weight is 292 g/mol. The highest BCUT2D eigenvalue weighted by atomic mass is 35.5. The van der Waals surface area contributed by atoms with Crippen molar-refractivity contribution in [1.29, 1.82) is 0 Å². The van der Waals surface area contributed by atoms with Gasteiger partial charge in [-0.1, -0.05) is 11.6 Å². The molecule has 0 bridgehead atoms. The standard InChI is InChI=1S/C12H15Cl2NOS/c1-7-6-17-11(10(7)14)12(16)15-5-8-2-3-9(13)4-8/h6,8-9H,2-5H2,1H3,(H,15,16). The second-order valence-corrected chi connectivity index (χ2v) is 6.42. The molecule has 1 aliphatic rings. The van der Waals surface area contributed by atoms with Gasteiger partial charge in [0.15, 0.2) is 0 Å². The minimum absolute atomic E-state index is 0.0638. The fourth-order valence-corrected chi connectivity index (χ4v) is 3.67. The van der Waals surface area contributed by atoms with Crippen LogP contribution in [0.3, 0.4) is 0 Å². The van der Waals surface area contributed by atoms with Crippen LogP contribution in [0.25, 0.3) is 0 Å². The number of hydrogen-bond donors (Lipinski definition) is 1. The second kappa shape index (κ2) is 5.59. The van der Waals surface area contributed by atoms with E-state index in [4.69, 9.17) is 23.2 Å². The van der Waals surface area contributed by atoms with Gasteiger partial charge in [0.25, 0.3) is 5.91 Å². The number of hydrogen-bond acceptors (Lipinski definition) is 2. The van der Waals surface area contributed by atoms with Gasteiger partial charge in [0.2, 0.25) is 0 Å². The Morgan fingerprint density at radius 1 is 1.59 bits per heavy atom. The van der Waals surface area contributed by atoms with Crippen LogP contribution < -0.4 is 5.32 Å². The van der Waals surface area contributed by atoms with Crippen LogP contribution in [0.5, 0.6) is 0 Å². The van der Waals surface area contributed by atoms with Crippen molar-refractivity contribution in [2.24, 2.45) is 5.92 Å². The summed E-state index contributed by atoms with van der Waals surface area (Å²) < 4.78 is 0. The lowest BCUT2D eigenvalue weighted by Gasteiger charge is -2.10. The molecule has 0 radical (unpaired) electrons. The van der Waals surface area contributed by atoms with Gasteiger partial charge in [-0.05, 0) is 43.0 Å². The van der Waals surface area contributed by atoms with Crippen LogP contribution in [0.4, 0.5) is 0 Å². The molecule has 2 rings (SSSR count). The molecule has 2 atom stereocenters. The lowest BCUT2D eigenvalue weighted by atomic mass is 10.1. The van der Waals surface area contributed by atoms with Gasteiger partial charge in [-0.15, -0.1) is 22.9 Å². The van der Waals surface area contributed by atoms with Gasteiger partial charge in [-0.25, -0.2) is 0 Å². The Morgan fingerprint density at radius 3 is 2.88 bits per heavy atom. The molecule has 1 aromatic heterocycles. The van der Waals surface area contributed by atoms with E-state index in [2.05, 4.69) is 5.32 Å². The van der Waals surface area contributed by atoms with Crippen molar-refractivity contribution in [3.8, 4) is 0 Å². The number of rotatable bonds is 3. The molecule has 5 heteroatoms. The maximum atomic E-state index is 11.9. The fourth-order valence-electron chi connectivity index (χ4n) is 2.10. The Morgan fingerprint density at radius 2 is 2.35 bits per heavy atom. The van der Waals surface area contributed by atoms with E-state index in [9.17, 15) is 4.79 Å². The van der Waals surface area contributed by atoms with Crippen molar-refractivity contribution in [3.05, 3.63) is 20.8 Å². The predicted octanol–water partition coefficient (Wildman–Crippen LogP) is 3.85. The molecule has 94 valence electrons. The highest BCUT2D eigenvalue weighted by Gasteiger charge is 2.23. The number of carbonyl (C=O) groups is 1. The van der Waals surface area contributed by atoms with Gasteiger partial charge in [-0.2, -0.15) is 0 Å². The Balaban J connectivity index is 1.87. The van der Waals surface area contributed by atoms with Crippen LogP contribution in [0.1, 0.15) is 34.5 Å². The number of amides is 1. The van der Waals surface area contributed by atoms with E-state index in [1.165, 1.54) is 11.3 Å². The van der Waals surface area contributed by atoms with Crippen LogP contribution in [0, 0.1) is 12.8 Å². The maximum Gasteiger partial charge on any atom is 0.262 e. The third kappa shape index (κ3) is 3.15. The summed E-state index contributed by atoms with van der Waals surface area (Å²) in [6.45, 7) is 2.61. The molecular formula is C12H15Cl2NOS. The first kappa shape index (κ1) is 13.2. The lowest BCUT2D eigenvalue weighted by molar-refractivity contribution is 0.0951. The van der Waals surface area contributed by atoms with E-state index in [0.717, 1.165) is 24.8 Å². The van der Waals surface area contributed by atoms with Crippen molar-refractivity contribution in [2.75, 3.05) is 6.54 Å². The number of nitrogens with one attached hydrogen (secondary N) is 1. The first-order valence-electron chi connectivity index (χ1n) is 5.73. The molecule has 1 N–H and O–H groups in total. The maximum absolute atomic E-state index is 11.9. The van der Waals surface area contributed by atoms with Gasteiger partial charge in [0.05, 0.1) is 5.02 Å².